The van der Waals surface area contributed by atoms with Crippen molar-refractivity contribution in [2.24, 2.45) is 0 Å². The number of nitrogens with one attached hydrogen (secondary N) is 1. The van der Waals surface area contributed by atoms with Crippen LogP contribution in [0.2, 0.25) is 0 Å². The van der Waals surface area contributed by atoms with Crippen molar-refractivity contribution < 1.29 is 4.74 Å². The molecular formula is C21H29Cl2N3O. The molecule has 0 amide bonds. The summed E-state index contributed by atoms with van der Waals surface area (Å²) in [6.07, 6.45) is 0. The van der Waals surface area contributed by atoms with Gasteiger partial charge in [0.2, 0.25) is 0 Å². The number of fused-ring (bicyclic) bond motifs is 3. The Morgan fingerprint density at radius 3 is 2.48 bits per heavy atom. The molecule has 1 aliphatic heterocycles. The molecule has 1 N–H and O–H groups in total. The lowest BCUT2D eigenvalue weighted by Gasteiger charge is -2.26. The summed E-state index contributed by atoms with van der Waals surface area (Å²) in [5, 5.41) is 6.31. The molecule has 0 saturated carbocycles. The van der Waals surface area contributed by atoms with Gasteiger partial charge in [0.15, 0.2) is 0 Å². The largest absolute Gasteiger partial charge is 0.379 e. The molecule has 3 aromatic rings. The number of nitrogens with zero attached hydrogens (tertiary/aromatic N) is 2. The fourth-order valence-electron chi connectivity index (χ4n) is 3.85. The number of benzene rings is 2. The predicted octanol–water partition coefficient (Wildman–Crippen LogP) is 4.08. The van der Waals surface area contributed by atoms with Gasteiger partial charge in [-0.15, -0.1) is 24.8 Å². The monoisotopic (exact) mass is 409 g/mol. The number of halogens is 2. The first-order chi connectivity index (χ1) is 12.4. The van der Waals surface area contributed by atoms with Gasteiger partial charge in [-0.25, -0.2) is 0 Å². The van der Waals surface area contributed by atoms with Crippen molar-refractivity contribution in [2.45, 2.75) is 20.0 Å². The molecule has 2 aromatic carbocycles. The third-order valence-electron chi connectivity index (χ3n) is 5.19. The molecule has 0 spiro atoms. The van der Waals surface area contributed by atoms with Crippen LogP contribution in [0.4, 0.5) is 0 Å². The van der Waals surface area contributed by atoms with Crippen LogP contribution >= 0.6 is 24.8 Å². The van der Waals surface area contributed by atoms with E-state index in [1.807, 2.05) is 0 Å². The summed E-state index contributed by atoms with van der Waals surface area (Å²) in [6.45, 7) is 10.1. The first kappa shape index (κ1) is 22.0. The zero-order valence-corrected chi connectivity index (χ0v) is 17.5. The number of aromatic nitrogens is 1. The molecule has 1 fully saturated rings. The number of para-hydroxylation sites is 1. The zero-order chi connectivity index (χ0) is 17.1. The maximum Gasteiger partial charge on any atom is 0.0594 e. The van der Waals surface area contributed by atoms with Crippen molar-refractivity contribution in [3.8, 4) is 0 Å². The van der Waals surface area contributed by atoms with E-state index in [-0.39, 0.29) is 24.8 Å². The molecule has 4 nitrogen and oxygen atoms in total. The van der Waals surface area contributed by atoms with Crippen LogP contribution in [0.1, 0.15) is 12.5 Å². The molecule has 0 radical (unpaired) electrons. The molecule has 4 rings (SSSR count). The third kappa shape index (κ3) is 4.76. The summed E-state index contributed by atoms with van der Waals surface area (Å²) in [6, 6.07) is 15.6. The Hall–Kier alpha value is -1.30. The van der Waals surface area contributed by atoms with E-state index < -0.39 is 0 Å². The zero-order valence-electron chi connectivity index (χ0n) is 15.8. The van der Waals surface area contributed by atoms with Crippen LogP contribution < -0.4 is 5.32 Å². The first-order valence-electron chi connectivity index (χ1n) is 9.37. The van der Waals surface area contributed by atoms with Gasteiger partial charge in [0.25, 0.3) is 0 Å². The van der Waals surface area contributed by atoms with Gasteiger partial charge >= 0.3 is 0 Å². The van der Waals surface area contributed by atoms with Gasteiger partial charge in [-0.1, -0.05) is 24.3 Å². The Labute approximate surface area is 173 Å². The SMILES string of the molecule is CCn1c2ccccc2c2cc(CNCCN3CCOCC3)ccc21.Cl.Cl. The molecule has 2 heterocycles. The van der Waals surface area contributed by atoms with Gasteiger partial charge in [-0.05, 0) is 30.7 Å². The Bertz CT molecular complexity index is 859. The predicted molar refractivity (Wildman–Crippen MR) is 119 cm³/mol. The summed E-state index contributed by atoms with van der Waals surface area (Å²) >= 11 is 0. The number of hydrogen-bond acceptors (Lipinski definition) is 3. The Balaban J connectivity index is 0.00000131. The van der Waals surface area contributed by atoms with E-state index in [9.17, 15) is 0 Å². The Morgan fingerprint density at radius 1 is 0.963 bits per heavy atom. The fraction of sp³-hybridized carbons (Fsp3) is 0.429. The summed E-state index contributed by atoms with van der Waals surface area (Å²) in [5.41, 5.74) is 4.02. The van der Waals surface area contributed by atoms with Crippen LogP contribution in [0.3, 0.4) is 0 Å². The van der Waals surface area contributed by atoms with Crippen LogP contribution in [-0.4, -0.2) is 48.9 Å². The topological polar surface area (TPSA) is 29.4 Å². The molecule has 148 valence electrons. The van der Waals surface area contributed by atoms with E-state index >= 15 is 0 Å². The molecule has 27 heavy (non-hydrogen) atoms. The number of ether oxygens (including phenoxy) is 1. The minimum Gasteiger partial charge on any atom is -0.379 e. The summed E-state index contributed by atoms with van der Waals surface area (Å²) in [5.74, 6) is 0. The van der Waals surface area contributed by atoms with Crippen molar-refractivity contribution in [3.63, 3.8) is 0 Å². The highest BCUT2D eigenvalue weighted by Gasteiger charge is 2.11. The molecule has 1 aliphatic rings. The van der Waals surface area contributed by atoms with Gasteiger partial charge < -0.3 is 14.6 Å². The molecular weight excluding hydrogens is 381 g/mol. The van der Waals surface area contributed by atoms with Crippen molar-refractivity contribution in [2.75, 3.05) is 39.4 Å². The minimum absolute atomic E-state index is 0. The van der Waals surface area contributed by atoms with Gasteiger partial charge in [0, 0.05) is 61.1 Å². The quantitative estimate of drug-likeness (QED) is 0.621. The molecule has 1 aromatic heterocycles. The van der Waals surface area contributed by atoms with Gasteiger partial charge in [0.1, 0.15) is 0 Å². The van der Waals surface area contributed by atoms with Gasteiger partial charge in [0.05, 0.1) is 13.2 Å². The standard InChI is InChI=1S/C21H27N3O.2ClH/c1-2-24-20-6-4-3-5-18(20)19-15-17(7-8-21(19)24)16-22-9-10-23-11-13-25-14-12-23;;/h3-8,15,22H,2,9-14,16H2,1H3;2*1H. The second kappa shape index (κ2) is 10.3. The summed E-state index contributed by atoms with van der Waals surface area (Å²) < 4.78 is 7.80. The molecule has 0 atom stereocenters. The lowest BCUT2D eigenvalue weighted by molar-refractivity contribution is 0.0384. The van der Waals surface area contributed by atoms with Gasteiger partial charge in [-0.2, -0.15) is 0 Å². The van der Waals surface area contributed by atoms with E-state index in [1.54, 1.807) is 0 Å². The lowest BCUT2D eigenvalue weighted by atomic mass is 10.1. The number of aryl methyl sites for hydroxylation is 1. The normalized spacial score (nSPS) is 14.9. The van der Waals surface area contributed by atoms with E-state index in [0.717, 1.165) is 52.5 Å². The van der Waals surface area contributed by atoms with Crippen molar-refractivity contribution >= 4 is 46.6 Å². The minimum atomic E-state index is 0. The highest BCUT2D eigenvalue weighted by Crippen LogP contribution is 2.29. The molecule has 0 aliphatic carbocycles. The van der Waals surface area contributed by atoms with Gasteiger partial charge in [-0.3, -0.25) is 4.90 Å². The maximum atomic E-state index is 5.40. The third-order valence-corrected chi connectivity index (χ3v) is 5.19. The van der Waals surface area contributed by atoms with Crippen molar-refractivity contribution in [3.05, 3.63) is 48.0 Å². The molecule has 6 heteroatoms. The average molecular weight is 410 g/mol. The van der Waals surface area contributed by atoms with Crippen LogP contribution in [0.25, 0.3) is 21.8 Å². The lowest BCUT2D eigenvalue weighted by Crippen LogP contribution is -2.40. The highest BCUT2D eigenvalue weighted by molar-refractivity contribution is 6.08. The summed E-state index contributed by atoms with van der Waals surface area (Å²) in [7, 11) is 0. The highest BCUT2D eigenvalue weighted by atomic mass is 35.5. The van der Waals surface area contributed by atoms with E-state index in [2.05, 4.69) is 64.2 Å². The van der Waals surface area contributed by atoms with Crippen LogP contribution in [0.15, 0.2) is 42.5 Å². The fourth-order valence-corrected chi connectivity index (χ4v) is 3.85. The number of rotatable bonds is 6. The number of morpholine rings is 1. The molecule has 0 bridgehead atoms. The van der Waals surface area contributed by atoms with Crippen LogP contribution in [0, 0.1) is 0 Å². The Morgan fingerprint density at radius 2 is 1.70 bits per heavy atom. The molecule has 0 unspecified atom stereocenters. The second-order valence-corrected chi connectivity index (χ2v) is 6.74. The van der Waals surface area contributed by atoms with E-state index in [0.29, 0.717) is 0 Å². The van der Waals surface area contributed by atoms with Crippen LogP contribution in [0.5, 0.6) is 0 Å². The van der Waals surface area contributed by atoms with Crippen LogP contribution in [-0.2, 0) is 17.8 Å². The van der Waals surface area contributed by atoms with Crippen molar-refractivity contribution in [1.82, 2.24) is 14.8 Å². The Kier molecular flexibility index (Phi) is 8.39. The average Bonchev–Trinajstić information content (AvgIpc) is 2.99. The maximum absolute atomic E-state index is 5.40. The second-order valence-electron chi connectivity index (χ2n) is 6.74. The van der Waals surface area contributed by atoms with E-state index in [1.165, 1.54) is 27.4 Å². The molecule has 1 saturated heterocycles. The van der Waals surface area contributed by atoms with Crippen molar-refractivity contribution in [1.29, 1.82) is 0 Å². The smallest absolute Gasteiger partial charge is 0.0594 e. The van der Waals surface area contributed by atoms with E-state index in [4.69, 9.17) is 4.74 Å². The summed E-state index contributed by atoms with van der Waals surface area (Å²) in [4.78, 5) is 2.47. The number of hydrogen-bond donors (Lipinski definition) is 1. The first-order valence-corrected chi connectivity index (χ1v) is 9.37.